The Kier molecular flexibility index (Phi) is 5.06. The molecule has 1 fully saturated rings. The van der Waals surface area contributed by atoms with Gasteiger partial charge in [-0.2, -0.15) is 0 Å². The van der Waals surface area contributed by atoms with Crippen LogP contribution in [0.2, 0.25) is 0 Å². The summed E-state index contributed by atoms with van der Waals surface area (Å²) in [6, 6.07) is 10.7. The van der Waals surface area contributed by atoms with Crippen LogP contribution in [0.5, 0.6) is 11.5 Å². The molecule has 1 saturated heterocycles. The molecule has 1 atom stereocenters. The number of anilines is 2. The van der Waals surface area contributed by atoms with Crippen LogP contribution in [-0.2, 0) is 9.59 Å². The highest BCUT2D eigenvalue weighted by atomic mass is 19.1. The Morgan fingerprint density at radius 2 is 1.88 bits per heavy atom. The Labute approximate surface area is 150 Å². The van der Waals surface area contributed by atoms with E-state index in [4.69, 9.17) is 9.47 Å². The standard InChI is InChI=1S/C19H19FN2O4/c1-25-15-7-8-16(17(10-15)26-2)22-11-12(9-18(22)23)19(24)21-14-5-3-13(20)4-6-14/h3-8,10,12H,9,11H2,1-2H3,(H,21,24). The number of methoxy groups -OCH3 is 2. The Morgan fingerprint density at radius 3 is 2.54 bits per heavy atom. The molecule has 0 bridgehead atoms. The third kappa shape index (κ3) is 3.61. The van der Waals surface area contributed by atoms with Gasteiger partial charge >= 0.3 is 0 Å². The summed E-state index contributed by atoms with van der Waals surface area (Å²) in [6.45, 7) is 0.245. The fourth-order valence-electron chi connectivity index (χ4n) is 2.90. The van der Waals surface area contributed by atoms with Crippen molar-refractivity contribution in [3.8, 4) is 11.5 Å². The molecule has 0 aliphatic carbocycles. The molecular weight excluding hydrogens is 339 g/mol. The van der Waals surface area contributed by atoms with Crippen LogP contribution in [0.4, 0.5) is 15.8 Å². The molecule has 1 aliphatic rings. The van der Waals surface area contributed by atoms with Gasteiger partial charge in [-0.3, -0.25) is 9.59 Å². The van der Waals surface area contributed by atoms with Crippen molar-refractivity contribution in [1.29, 1.82) is 0 Å². The molecule has 2 amide bonds. The van der Waals surface area contributed by atoms with Crippen LogP contribution in [0.3, 0.4) is 0 Å². The molecule has 1 aliphatic heterocycles. The lowest BCUT2D eigenvalue weighted by molar-refractivity contribution is -0.122. The second-order valence-corrected chi connectivity index (χ2v) is 5.94. The predicted molar refractivity (Wildman–Crippen MR) is 95.0 cm³/mol. The van der Waals surface area contributed by atoms with Crippen molar-refractivity contribution >= 4 is 23.2 Å². The maximum Gasteiger partial charge on any atom is 0.229 e. The molecule has 1 N–H and O–H groups in total. The van der Waals surface area contributed by atoms with Gasteiger partial charge in [0, 0.05) is 24.7 Å². The average Bonchev–Trinajstić information content (AvgIpc) is 3.04. The summed E-state index contributed by atoms with van der Waals surface area (Å²) in [4.78, 5) is 26.4. The van der Waals surface area contributed by atoms with Crippen molar-refractivity contribution in [3.63, 3.8) is 0 Å². The Bertz CT molecular complexity index is 823. The van der Waals surface area contributed by atoms with Crippen LogP contribution < -0.4 is 19.7 Å². The first-order valence-corrected chi connectivity index (χ1v) is 8.10. The lowest BCUT2D eigenvalue weighted by atomic mass is 10.1. The number of hydrogen-bond acceptors (Lipinski definition) is 4. The third-order valence-corrected chi connectivity index (χ3v) is 4.29. The van der Waals surface area contributed by atoms with Gasteiger partial charge in [0.2, 0.25) is 11.8 Å². The summed E-state index contributed by atoms with van der Waals surface area (Å²) >= 11 is 0. The van der Waals surface area contributed by atoms with Gasteiger partial charge < -0.3 is 19.7 Å². The number of nitrogens with one attached hydrogen (secondary N) is 1. The summed E-state index contributed by atoms with van der Waals surface area (Å²) < 4.78 is 23.5. The molecule has 0 aromatic heterocycles. The van der Waals surface area contributed by atoms with E-state index >= 15 is 0 Å². The molecule has 0 radical (unpaired) electrons. The van der Waals surface area contributed by atoms with E-state index in [9.17, 15) is 14.0 Å². The van der Waals surface area contributed by atoms with Gasteiger partial charge in [0.15, 0.2) is 0 Å². The maximum absolute atomic E-state index is 13.0. The van der Waals surface area contributed by atoms with Gasteiger partial charge in [-0.15, -0.1) is 0 Å². The lowest BCUT2D eigenvalue weighted by Gasteiger charge is -2.20. The fraction of sp³-hybridized carbons (Fsp3) is 0.263. The number of nitrogens with zero attached hydrogens (tertiary/aromatic N) is 1. The van der Waals surface area contributed by atoms with Crippen molar-refractivity contribution in [2.75, 3.05) is 31.0 Å². The topological polar surface area (TPSA) is 67.9 Å². The number of amides is 2. The molecular formula is C19H19FN2O4. The lowest BCUT2D eigenvalue weighted by Crippen LogP contribution is -2.28. The highest BCUT2D eigenvalue weighted by molar-refractivity contribution is 6.04. The number of carbonyl (C=O) groups is 2. The number of hydrogen-bond donors (Lipinski definition) is 1. The number of benzene rings is 2. The second kappa shape index (κ2) is 7.43. The zero-order valence-electron chi connectivity index (χ0n) is 14.5. The molecule has 2 aromatic carbocycles. The van der Waals surface area contributed by atoms with Gasteiger partial charge in [-0.05, 0) is 36.4 Å². The van der Waals surface area contributed by atoms with Crippen molar-refractivity contribution < 1.29 is 23.5 Å². The molecule has 2 aromatic rings. The zero-order chi connectivity index (χ0) is 18.7. The molecule has 0 saturated carbocycles. The Balaban J connectivity index is 1.74. The van der Waals surface area contributed by atoms with E-state index in [1.165, 1.54) is 36.3 Å². The summed E-state index contributed by atoms with van der Waals surface area (Å²) in [5.74, 6) is -0.205. The van der Waals surface area contributed by atoms with E-state index in [0.29, 0.717) is 22.9 Å². The number of ether oxygens (including phenoxy) is 2. The van der Waals surface area contributed by atoms with E-state index in [1.807, 2.05) is 0 Å². The molecule has 6 nitrogen and oxygen atoms in total. The molecule has 1 unspecified atom stereocenters. The second-order valence-electron chi connectivity index (χ2n) is 5.94. The Morgan fingerprint density at radius 1 is 1.15 bits per heavy atom. The SMILES string of the molecule is COc1ccc(N2CC(C(=O)Nc3ccc(F)cc3)CC2=O)c(OC)c1. The molecule has 7 heteroatoms. The molecule has 1 heterocycles. The average molecular weight is 358 g/mol. The third-order valence-electron chi connectivity index (χ3n) is 4.29. The van der Waals surface area contributed by atoms with Crippen LogP contribution in [0, 0.1) is 11.7 Å². The van der Waals surface area contributed by atoms with E-state index < -0.39 is 5.92 Å². The molecule has 3 rings (SSSR count). The monoisotopic (exact) mass is 358 g/mol. The summed E-state index contributed by atoms with van der Waals surface area (Å²) in [7, 11) is 3.06. The van der Waals surface area contributed by atoms with Crippen molar-refractivity contribution in [2.24, 2.45) is 5.92 Å². The van der Waals surface area contributed by atoms with Gasteiger partial charge in [-0.25, -0.2) is 4.39 Å². The molecule has 0 spiro atoms. The highest BCUT2D eigenvalue weighted by Gasteiger charge is 2.36. The first-order chi connectivity index (χ1) is 12.5. The van der Waals surface area contributed by atoms with Gasteiger partial charge in [0.25, 0.3) is 0 Å². The first kappa shape index (κ1) is 17.7. The normalized spacial score (nSPS) is 16.5. The summed E-state index contributed by atoms with van der Waals surface area (Å²) in [5.41, 5.74) is 1.08. The van der Waals surface area contributed by atoms with Crippen LogP contribution in [0.25, 0.3) is 0 Å². The summed E-state index contributed by atoms with van der Waals surface area (Å²) in [5, 5.41) is 2.71. The minimum atomic E-state index is -0.501. The van der Waals surface area contributed by atoms with Crippen molar-refractivity contribution in [1.82, 2.24) is 0 Å². The summed E-state index contributed by atoms with van der Waals surface area (Å²) in [6.07, 6.45) is 0.0994. The predicted octanol–water partition coefficient (Wildman–Crippen LogP) is 2.83. The maximum atomic E-state index is 13.0. The number of carbonyl (C=O) groups excluding carboxylic acids is 2. The first-order valence-electron chi connectivity index (χ1n) is 8.10. The number of halogens is 1. The van der Waals surface area contributed by atoms with Gasteiger partial charge in [0.05, 0.1) is 25.8 Å². The largest absolute Gasteiger partial charge is 0.497 e. The minimum absolute atomic E-state index is 0.0994. The highest BCUT2D eigenvalue weighted by Crippen LogP contribution is 2.36. The van der Waals surface area contributed by atoms with Gasteiger partial charge in [-0.1, -0.05) is 0 Å². The van der Waals surface area contributed by atoms with Crippen LogP contribution >= 0.6 is 0 Å². The molecule has 26 heavy (non-hydrogen) atoms. The van der Waals surface area contributed by atoms with E-state index in [0.717, 1.165) is 0 Å². The van der Waals surface area contributed by atoms with Crippen molar-refractivity contribution in [3.05, 3.63) is 48.3 Å². The van der Waals surface area contributed by atoms with E-state index in [2.05, 4.69) is 5.32 Å². The van der Waals surface area contributed by atoms with Gasteiger partial charge in [0.1, 0.15) is 17.3 Å². The van der Waals surface area contributed by atoms with Crippen LogP contribution in [0.1, 0.15) is 6.42 Å². The smallest absolute Gasteiger partial charge is 0.229 e. The zero-order valence-corrected chi connectivity index (χ0v) is 14.5. The van der Waals surface area contributed by atoms with E-state index in [-0.39, 0.29) is 30.6 Å². The Hall–Kier alpha value is -3.09. The van der Waals surface area contributed by atoms with E-state index in [1.54, 1.807) is 25.3 Å². The molecule has 136 valence electrons. The van der Waals surface area contributed by atoms with Crippen molar-refractivity contribution in [2.45, 2.75) is 6.42 Å². The van der Waals surface area contributed by atoms with Crippen LogP contribution in [0.15, 0.2) is 42.5 Å². The van der Waals surface area contributed by atoms with Crippen LogP contribution in [-0.4, -0.2) is 32.6 Å². The number of rotatable bonds is 5. The minimum Gasteiger partial charge on any atom is -0.497 e. The fourth-order valence-corrected chi connectivity index (χ4v) is 2.90. The quantitative estimate of drug-likeness (QED) is 0.892.